The summed E-state index contributed by atoms with van der Waals surface area (Å²) in [6, 6.07) is 0. The van der Waals surface area contributed by atoms with Crippen LogP contribution in [-0.2, 0) is 14.3 Å². The summed E-state index contributed by atoms with van der Waals surface area (Å²) in [5.41, 5.74) is 0. The minimum absolute atomic E-state index is 0.0188. The van der Waals surface area contributed by atoms with Crippen LogP contribution in [0.4, 0.5) is 0 Å². The molecule has 3 nitrogen and oxygen atoms in total. The Bertz CT molecular complexity index is 207. The monoisotopic (exact) mass is 214 g/mol. The fourth-order valence-electron chi connectivity index (χ4n) is 1.12. The summed E-state index contributed by atoms with van der Waals surface area (Å²) in [4.78, 5) is 11.2. The molecule has 0 N–H and O–H groups in total. The van der Waals surface area contributed by atoms with E-state index in [1.165, 1.54) is 0 Å². The van der Waals surface area contributed by atoms with Crippen LogP contribution < -0.4 is 0 Å². The van der Waals surface area contributed by atoms with E-state index in [0.29, 0.717) is 5.92 Å². The fraction of sp³-hybridized carbons (Fsp3) is 0.750. The van der Waals surface area contributed by atoms with Crippen molar-refractivity contribution in [2.75, 3.05) is 6.61 Å². The standard InChI is InChI=1S/C12H22O3/c1-6-7-11(9(2)3)14-8-12(13)15-10(4)5/h6-7,9-11H,8H2,1-5H3/b7-6+/t11-/m0/s1. The number of carbonyl (C=O) groups excluding carboxylic acids is 1. The molecule has 0 saturated carbocycles. The maximum atomic E-state index is 11.2. The Morgan fingerprint density at radius 2 is 1.87 bits per heavy atom. The zero-order valence-electron chi connectivity index (χ0n) is 10.3. The number of ether oxygens (including phenoxy) is 2. The Morgan fingerprint density at radius 1 is 1.27 bits per heavy atom. The molecule has 0 saturated heterocycles. The van der Waals surface area contributed by atoms with Gasteiger partial charge < -0.3 is 9.47 Å². The van der Waals surface area contributed by atoms with E-state index in [9.17, 15) is 4.79 Å². The molecule has 0 rings (SSSR count). The number of allylic oxidation sites excluding steroid dienone is 1. The quantitative estimate of drug-likeness (QED) is 0.503. The molecule has 0 aromatic heterocycles. The van der Waals surface area contributed by atoms with Gasteiger partial charge in [0.1, 0.15) is 6.61 Å². The van der Waals surface area contributed by atoms with E-state index in [1.54, 1.807) is 0 Å². The average molecular weight is 214 g/mol. The van der Waals surface area contributed by atoms with E-state index in [-0.39, 0.29) is 24.8 Å². The van der Waals surface area contributed by atoms with Gasteiger partial charge in [0.2, 0.25) is 0 Å². The smallest absolute Gasteiger partial charge is 0.332 e. The van der Waals surface area contributed by atoms with Crippen LogP contribution in [0.15, 0.2) is 12.2 Å². The Kier molecular flexibility index (Phi) is 7.05. The predicted octanol–water partition coefficient (Wildman–Crippen LogP) is 2.56. The molecule has 0 amide bonds. The molecule has 0 aromatic rings. The number of carbonyl (C=O) groups is 1. The molecule has 3 heteroatoms. The number of hydrogen-bond donors (Lipinski definition) is 0. The van der Waals surface area contributed by atoms with Gasteiger partial charge in [0.05, 0.1) is 12.2 Å². The van der Waals surface area contributed by atoms with Crippen molar-refractivity contribution in [1.29, 1.82) is 0 Å². The van der Waals surface area contributed by atoms with E-state index in [1.807, 2.05) is 32.9 Å². The van der Waals surface area contributed by atoms with Crippen molar-refractivity contribution in [2.24, 2.45) is 5.92 Å². The fourth-order valence-corrected chi connectivity index (χ4v) is 1.12. The van der Waals surface area contributed by atoms with Crippen LogP contribution in [0.25, 0.3) is 0 Å². The molecular formula is C12H22O3. The molecule has 0 aliphatic carbocycles. The molecular weight excluding hydrogens is 192 g/mol. The zero-order valence-corrected chi connectivity index (χ0v) is 10.3. The highest BCUT2D eigenvalue weighted by molar-refractivity contribution is 5.70. The van der Waals surface area contributed by atoms with Crippen LogP contribution >= 0.6 is 0 Å². The van der Waals surface area contributed by atoms with Gasteiger partial charge in [-0.25, -0.2) is 4.79 Å². The number of hydrogen-bond acceptors (Lipinski definition) is 3. The Labute approximate surface area is 92.5 Å². The highest BCUT2D eigenvalue weighted by atomic mass is 16.6. The summed E-state index contributed by atoms with van der Waals surface area (Å²) in [6.45, 7) is 9.71. The van der Waals surface area contributed by atoms with Crippen LogP contribution in [0, 0.1) is 5.92 Å². The highest BCUT2D eigenvalue weighted by Crippen LogP contribution is 2.08. The first-order valence-corrected chi connectivity index (χ1v) is 5.41. The maximum Gasteiger partial charge on any atom is 0.332 e. The van der Waals surface area contributed by atoms with Crippen molar-refractivity contribution in [2.45, 2.75) is 46.8 Å². The first-order valence-electron chi connectivity index (χ1n) is 5.41. The lowest BCUT2D eigenvalue weighted by Gasteiger charge is -2.17. The lowest BCUT2D eigenvalue weighted by atomic mass is 10.1. The second kappa shape index (κ2) is 7.46. The summed E-state index contributed by atoms with van der Waals surface area (Å²) in [5, 5.41) is 0. The van der Waals surface area contributed by atoms with Gasteiger partial charge in [-0.3, -0.25) is 0 Å². The molecule has 1 atom stereocenters. The number of esters is 1. The summed E-state index contributed by atoms with van der Waals surface area (Å²) in [7, 11) is 0. The molecule has 0 heterocycles. The van der Waals surface area contributed by atoms with E-state index in [2.05, 4.69) is 13.8 Å². The Balaban J connectivity index is 3.94. The Hall–Kier alpha value is -0.830. The van der Waals surface area contributed by atoms with Gasteiger partial charge >= 0.3 is 5.97 Å². The second-order valence-corrected chi connectivity index (χ2v) is 4.08. The maximum absolute atomic E-state index is 11.2. The molecule has 0 radical (unpaired) electrons. The van der Waals surface area contributed by atoms with Gasteiger partial charge in [0.25, 0.3) is 0 Å². The average Bonchev–Trinajstić information content (AvgIpc) is 2.10. The summed E-state index contributed by atoms with van der Waals surface area (Å²) >= 11 is 0. The van der Waals surface area contributed by atoms with Gasteiger partial charge in [-0.1, -0.05) is 26.0 Å². The number of rotatable bonds is 6. The second-order valence-electron chi connectivity index (χ2n) is 4.08. The first-order chi connectivity index (χ1) is 6.97. The Morgan fingerprint density at radius 3 is 2.27 bits per heavy atom. The largest absolute Gasteiger partial charge is 0.461 e. The molecule has 0 aromatic carbocycles. The van der Waals surface area contributed by atoms with Crippen molar-refractivity contribution in [3.8, 4) is 0 Å². The normalized spacial score (nSPS) is 13.8. The third kappa shape index (κ3) is 7.14. The van der Waals surface area contributed by atoms with E-state index in [4.69, 9.17) is 9.47 Å². The van der Waals surface area contributed by atoms with E-state index >= 15 is 0 Å². The van der Waals surface area contributed by atoms with Crippen molar-refractivity contribution >= 4 is 5.97 Å². The molecule has 0 spiro atoms. The molecule has 0 bridgehead atoms. The summed E-state index contributed by atoms with van der Waals surface area (Å²) < 4.78 is 10.4. The molecule has 15 heavy (non-hydrogen) atoms. The van der Waals surface area contributed by atoms with Gasteiger partial charge in [-0.2, -0.15) is 0 Å². The van der Waals surface area contributed by atoms with Crippen LogP contribution in [0.3, 0.4) is 0 Å². The van der Waals surface area contributed by atoms with Crippen LogP contribution in [0.5, 0.6) is 0 Å². The van der Waals surface area contributed by atoms with Crippen LogP contribution in [-0.4, -0.2) is 24.8 Å². The van der Waals surface area contributed by atoms with Crippen molar-refractivity contribution in [1.82, 2.24) is 0 Å². The van der Waals surface area contributed by atoms with E-state index in [0.717, 1.165) is 0 Å². The molecule has 88 valence electrons. The lowest BCUT2D eigenvalue weighted by molar-refractivity contribution is -0.154. The molecule has 0 unspecified atom stereocenters. The lowest BCUT2D eigenvalue weighted by Crippen LogP contribution is -2.24. The van der Waals surface area contributed by atoms with Crippen molar-refractivity contribution in [3.63, 3.8) is 0 Å². The molecule has 0 aliphatic heterocycles. The third-order valence-electron chi connectivity index (χ3n) is 1.80. The molecule has 0 aliphatic rings. The zero-order chi connectivity index (χ0) is 11.8. The van der Waals surface area contributed by atoms with Crippen LogP contribution in [0.1, 0.15) is 34.6 Å². The summed E-state index contributed by atoms with van der Waals surface area (Å²) in [6.07, 6.45) is 3.78. The van der Waals surface area contributed by atoms with Gasteiger partial charge in [0.15, 0.2) is 0 Å². The molecule has 0 fully saturated rings. The van der Waals surface area contributed by atoms with Gasteiger partial charge in [-0.05, 0) is 26.7 Å². The van der Waals surface area contributed by atoms with E-state index < -0.39 is 0 Å². The van der Waals surface area contributed by atoms with Crippen molar-refractivity contribution < 1.29 is 14.3 Å². The topological polar surface area (TPSA) is 35.5 Å². The predicted molar refractivity (Wildman–Crippen MR) is 60.6 cm³/mol. The van der Waals surface area contributed by atoms with Gasteiger partial charge in [0, 0.05) is 0 Å². The minimum Gasteiger partial charge on any atom is -0.461 e. The van der Waals surface area contributed by atoms with Crippen LogP contribution in [0.2, 0.25) is 0 Å². The first kappa shape index (κ1) is 14.2. The third-order valence-corrected chi connectivity index (χ3v) is 1.80. The SMILES string of the molecule is C/C=C/[C@H](OCC(=O)OC(C)C)C(C)C. The van der Waals surface area contributed by atoms with Gasteiger partial charge in [-0.15, -0.1) is 0 Å². The van der Waals surface area contributed by atoms with Crippen molar-refractivity contribution in [3.05, 3.63) is 12.2 Å². The summed E-state index contributed by atoms with van der Waals surface area (Å²) in [5.74, 6) is 0.0493. The highest BCUT2D eigenvalue weighted by Gasteiger charge is 2.13. The minimum atomic E-state index is -0.305.